The molecule has 442 valence electrons. The summed E-state index contributed by atoms with van der Waals surface area (Å²) in [5.41, 5.74) is 1.02. The highest BCUT2D eigenvalue weighted by molar-refractivity contribution is 6.14. The van der Waals surface area contributed by atoms with Crippen molar-refractivity contribution in [3.63, 3.8) is 0 Å². The molecule has 1 aromatic rings. The fraction of sp³-hybridized carbons (Fsp3) is 0.206. The first-order chi connectivity index (χ1) is 38.8. The molecule has 3 aliphatic rings. The summed E-state index contributed by atoms with van der Waals surface area (Å²) in [5, 5.41) is 9.52. The lowest BCUT2D eigenvalue weighted by molar-refractivity contribution is -0.192. The van der Waals surface area contributed by atoms with Crippen molar-refractivity contribution in [3.05, 3.63) is 208 Å². The lowest BCUT2D eigenvalue weighted by Gasteiger charge is -1.89. The quantitative estimate of drug-likeness (QED) is 0.0226. The van der Waals surface area contributed by atoms with Crippen LogP contribution in [0.25, 0.3) is 13.2 Å². The molecule has 0 bridgehead atoms. The third kappa shape index (κ3) is 102. The van der Waals surface area contributed by atoms with Crippen molar-refractivity contribution in [2.45, 2.75) is 53.4 Å². The number of nitrogens with zero attached hydrogens (tertiary/aromatic N) is 1. The summed E-state index contributed by atoms with van der Waals surface area (Å²) in [5.74, 6) is -0.327. The maximum Gasteiger partial charge on any atom is 0.384 e. The van der Waals surface area contributed by atoms with E-state index in [1.54, 1.807) is 44.2 Å². The molecule has 0 saturated heterocycles. The van der Waals surface area contributed by atoms with Gasteiger partial charge in [0.15, 0.2) is 11.6 Å². The second-order valence-electron chi connectivity index (χ2n) is 13.2. The third-order valence-electron chi connectivity index (χ3n) is 6.72. The molecule has 0 N–H and O–H groups in total. The van der Waals surface area contributed by atoms with Crippen LogP contribution in [0.1, 0.15) is 53.4 Å². The van der Waals surface area contributed by atoms with E-state index in [1.165, 1.54) is 84.8 Å². The number of ketones is 3. The van der Waals surface area contributed by atoms with Gasteiger partial charge in [0.05, 0.1) is 41.6 Å². The fourth-order valence-electron chi connectivity index (χ4n) is 2.64. The van der Waals surface area contributed by atoms with Crippen LogP contribution in [0, 0.1) is 23.2 Å². The average molecular weight is 1140 g/mol. The summed E-state index contributed by atoms with van der Waals surface area (Å²) >= 11 is 0. The summed E-state index contributed by atoms with van der Waals surface area (Å²) < 4.78 is 24.9. The van der Waals surface area contributed by atoms with Gasteiger partial charge < -0.3 is 33.2 Å². The number of benzene rings is 1. The van der Waals surface area contributed by atoms with Gasteiger partial charge in [0.1, 0.15) is 5.78 Å². The average Bonchev–Trinajstić information content (AvgIpc) is 3.88. The molecule has 19 nitrogen and oxygen atoms in total. The largest absolute Gasteiger partial charge is 0.466 e. The van der Waals surface area contributed by atoms with Crippen molar-refractivity contribution >= 4 is 78.4 Å². The zero-order valence-electron chi connectivity index (χ0n) is 48.3. The molecule has 1 aromatic carbocycles. The van der Waals surface area contributed by atoms with E-state index < -0.39 is 35.8 Å². The first-order valence-corrected chi connectivity index (χ1v) is 23.2. The molecule has 1 aliphatic heterocycles. The van der Waals surface area contributed by atoms with Crippen LogP contribution in [0.3, 0.4) is 0 Å². The number of allylic oxidation sites excluding steroid dienone is 16. The number of rotatable bonds is 8. The number of ether oxygens (including phenoxy) is 6. The highest BCUT2D eigenvalue weighted by Gasteiger charge is 2.10. The van der Waals surface area contributed by atoms with Crippen LogP contribution >= 0.6 is 0 Å². The Morgan fingerprint density at radius 2 is 0.915 bits per heavy atom. The van der Waals surface area contributed by atoms with Gasteiger partial charge in [-0.25, -0.2) is 33.6 Å². The number of cyclic esters (lactones) is 2. The molecule has 19 heteroatoms. The van der Waals surface area contributed by atoms with Gasteiger partial charge in [0.25, 0.3) is 0 Å². The number of Topliss-reactive ketones (excluding diaryl/α,β-unsaturated/α-hetero) is 1. The minimum Gasteiger partial charge on any atom is -0.466 e. The van der Waals surface area contributed by atoms with Gasteiger partial charge in [-0.1, -0.05) is 144 Å². The highest BCUT2D eigenvalue weighted by atomic mass is 16.6. The first-order valence-electron chi connectivity index (χ1n) is 23.2. The van der Waals surface area contributed by atoms with Crippen molar-refractivity contribution in [1.82, 2.24) is 0 Å². The molecular weight excluding hydrogens is 1060 g/mol. The Kier molecular flexibility index (Phi) is 84.9. The van der Waals surface area contributed by atoms with Gasteiger partial charge in [0.2, 0.25) is 0 Å². The molecule has 0 aromatic heterocycles. The molecule has 0 saturated carbocycles. The Morgan fingerprint density at radius 1 is 0.610 bits per heavy atom. The van der Waals surface area contributed by atoms with Gasteiger partial charge in [-0.05, 0) is 74.8 Å². The molecule has 0 radical (unpaired) electrons. The van der Waals surface area contributed by atoms with Crippen molar-refractivity contribution in [3.8, 4) is 17.9 Å². The minimum absolute atomic E-state index is 0.121. The van der Waals surface area contributed by atoms with Crippen molar-refractivity contribution in [1.29, 1.82) is 5.26 Å². The van der Waals surface area contributed by atoms with E-state index in [2.05, 4.69) is 112 Å². The Bertz CT molecular complexity index is 2470. The number of methoxy groups -OCH3 is 5. The highest BCUT2D eigenvalue weighted by Crippen LogP contribution is 1.98. The van der Waals surface area contributed by atoms with Crippen LogP contribution in [0.5, 0.6) is 0 Å². The Balaban J connectivity index is -0.000000102. The second kappa shape index (κ2) is 76.8. The number of hydrogen-bond donors (Lipinski definition) is 0. The summed E-state index contributed by atoms with van der Waals surface area (Å²) in [6, 6.07) is 9.50. The van der Waals surface area contributed by atoms with E-state index in [1.807, 2.05) is 62.1 Å². The van der Waals surface area contributed by atoms with Gasteiger partial charge in [0, 0.05) is 54.7 Å². The summed E-state index contributed by atoms with van der Waals surface area (Å²) in [6.45, 7) is 38.4. The number of carbonyl (C=O) groups excluding carboxylic acids is 12. The smallest absolute Gasteiger partial charge is 0.384 e. The molecule has 0 amide bonds. The minimum atomic E-state index is -0.759. The van der Waals surface area contributed by atoms with E-state index >= 15 is 0 Å². The monoisotopic (exact) mass is 1140 g/mol. The number of nitriles is 1. The van der Waals surface area contributed by atoms with Crippen molar-refractivity contribution in [2.75, 3.05) is 35.5 Å². The lowest BCUT2D eigenvalue weighted by atomic mass is 10.2. The number of hydrogen-bond acceptors (Lipinski definition) is 19. The van der Waals surface area contributed by atoms with Crippen molar-refractivity contribution in [2.24, 2.45) is 0 Å². The van der Waals surface area contributed by atoms with Crippen molar-refractivity contribution < 1.29 is 86.0 Å². The van der Waals surface area contributed by atoms with Crippen LogP contribution in [0.15, 0.2) is 197 Å². The zero-order valence-corrected chi connectivity index (χ0v) is 48.3. The summed E-state index contributed by atoms with van der Waals surface area (Å²) in [6.07, 6.45) is 34.8. The van der Waals surface area contributed by atoms with E-state index in [4.69, 9.17) is 14.9 Å². The normalized spacial score (nSPS) is 10.0. The molecule has 1 heterocycles. The van der Waals surface area contributed by atoms with E-state index in [0.717, 1.165) is 46.7 Å². The fourth-order valence-corrected chi connectivity index (χ4v) is 2.64. The third-order valence-corrected chi connectivity index (χ3v) is 6.72. The molecule has 0 atom stereocenters. The van der Waals surface area contributed by atoms with Gasteiger partial charge in [-0.15, -0.1) is 13.2 Å². The molecule has 0 fully saturated rings. The molecule has 82 heavy (non-hydrogen) atoms. The Hall–Kier alpha value is -10.8. The molecule has 0 spiro atoms. The van der Waals surface area contributed by atoms with Crippen LogP contribution in [-0.4, -0.2) is 101 Å². The molecule has 2 aliphatic carbocycles. The SMILES string of the molecule is C/C=C/C(=O)OC.C1=CCCC=C1.C=CC#N.C=CC(=C)C.C=CC=C.C=CCC=C.C=c1ccccc1=C.CCC(C)=O.COC(=O)/C=C\C(=O)OC.COC(=O)C#CC(=O)OC.O=C1C=CC(=O)C=C1.O=C1C=CC(=O)O1.O=C=O. The molecule has 4 rings (SSSR count). The zero-order chi connectivity index (χ0) is 65.4. The van der Waals surface area contributed by atoms with Crippen LogP contribution in [0.4, 0.5) is 0 Å². The Morgan fingerprint density at radius 3 is 1.05 bits per heavy atom. The topological polar surface area (TPSA) is 284 Å². The second-order valence-corrected chi connectivity index (χ2v) is 13.2. The van der Waals surface area contributed by atoms with Gasteiger partial charge in [-0.2, -0.15) is 14.9 Å². The lowest BCUT2D eigenvalue weighted by Crippen LogP contribution is -2.19. The molecule has 0 unspecified atom stereocenters. The van der Waals surface area contributed by atoms with E-state index in [0.29, 0.717) is 6.42 Å². The first kappa shape index (κ1) is 90.7. The number of carbonyl (C=O) groups is 10. The van der Waals surface area contributed by atoms with E-state index in [-0.39, 0.29) is 29.5 Å². The van der Waals surface area contributed by atoms with Gasteiger partial charge >= 0.3 is 47.9 Å². The van der Waals surface area contributed by atoms with E-state index in [9.17, 15) is 47.9 Å². The summed E-state index contributed by atoms with van der Waals surface area (Å²) in [7, 11) is 6.15. The standard InChI is InChI=1S/C8H8.C6H8O4.C6H6O4.C6H4O2.C6H8.C5H8O2.2C5H8.C4H2O3.C4H8O.C4H6.C3H3N.CO2/c1-7-5-3-4-6-8(7)2;2*1-9-5(7)3-4-6(8)10-2;7-5-1-2-6(8)4-3-5;1-2-4-6-5-3-1;1-3-4-5(6)7-2;1-4-5(2)3;1-3-5-4-2;5-3-1-2-4(6)7-3;1-3-4(2)5;1-3-4-2;1-2-3-4;2-1-3/h3-6H,1-2H2;3-4H,1-2H3;1-2H3;1-4H;1-4H,5-6H2;3-4H,1-2H3;4H,1-2H2,3H3;3-4H,1-2,5H2;1-2H;3H2,1-2H3;3-4H,1-2H2;2H,1H2;/b;4-3-;;;;4-3+;;;;;;;. The van der Waals surface area contributed by atoms with Crippen LogP contribution in [0.2, 0.25) is 0 Å². The number of esters is 7. The van der Waals surface area contributed by atoms with Crippen LogP contribution < -0.4 is 10.4 Å². The molecular formula is C63H77NO18. The maximum absolute atomic E-state index is 10.3. The summed E-state index contributed by atoms with van der Waals surface area (Å²) in [4.78, 5) is 118. The predicted molar refractivity (Wildman–Crippen MR) is 317 cm³/mol. The maximum atomic E-state index is 10.3. The Labute approximate surface area is 482 Å². The van der Waals surface area contributed by atoms with Gasteiger partial charge in [-0.3, -0.25) is 9.59 Å². The van der Waals surface area contributed by atoms with Crippen LogP contribution in [-0.2, 0) is 86.0 Å². The predicted octanol–water partition coefficient (Wildman–Crippen LogP) is 8.19.